The molecule has 0 N–H and O–H groups in total. The molecule has 0 aromatic rings. The Balaban J connectivity index is 2.39. The monoisotopic (exact) mass is 183 g/mol. The van der Waals surface area contributed by atoms with Crippen LogP contribution in [0.5, 0.6) is 0 Å². The van der Waals surface area contributed by atoms with Crippen molar-refractivity contribution in [2.45, 2.75) is 52.0 Å². The van der Waals surface area contributed by atoms with Gasteiger partial charge in [0.1, 0.15) is 0 Å². The molecule has 3 atom stereocenters. The summed E-state index contributed by atoms with van der Waals surface area (Å²) in [4.78, 5) is 2.43. The molecule has 0 radical (unpaired) electrons. The minimum absolute atomic E-state index is 0.869. The molecule has 1 nitrogen and oxygen atoms in total. The lowest BCUT2D eigenvalue weighted by Crippen LogP contribution is -2.31. The molecule has 0 aromatic carbocycles. The van der Waals surface area contributed by atoms with Crippen molar-refractivity contribution in [2.24, 2.45) is 11.8 Å². The third-order valence-corrected chi connectivity index (χ3v) is 3.68. The first-order valence-electron chi connectivity index (χ1n) is 5.81. The lowest BCUT2D eigenvalue weighted by molar-refractivity contribution is 0.211. The van der Waals surface area contributed by atoms with Crippen LogP contribution in [0, 0.1) is 11.8 Å². The lowest BCUT2D eigenvalue weighted by atomic mass is 9.90. The van der Waals surface area contributed by atoms with Crippen molar-refractivity contribution in [3.63, 3.8) is 0 Å². The van der Waals surface area contributed by atoms with Crippen LogP contribution in [-0.4, -0.2) is 25.0 Å². The zero-order valence-electron chi connectivity index (χ0n) is 9.71. The highest BCUT2D eigenvalue weighted by Crippen LogP contribution is 2.33. The molecule has 1 saturated carbocycles. The van der Waals surface area contributed by atoms with Gasteiger partial charge in [-0.05, 0) is 45.2 Å². The predicted octanol–water partition coefficient (Wildman–Crippen LogP) is 3.15. The normalized spacial score (nSPS) is 31.2. The Hall–Kier alpha value is -0.0400. The van der Waals surface area contributed by atoms with Crippen molar-refractivity contribution in [1.82, 2.24) is 4.90 Å². The molecule has 78 valence electrons. The second-order valence-electron chi connectivity index (χ2n) is 4.97. The SMILES string of the molecule is CCC(C)CC1CCCC1N(C)C. The predicted molar refractivity (Wildman–Crippen MR) is 58.9 cm³/mol. The van der Waals surface area contributed by atoms with Crippen LogP contribution in [-0.2, 0) is 0 Å². The van der Waals surface area contributed by atoms with Gasteiger partial charge in [0.25, 0.3) is 0 Å². The van der Waals surface area contributed by atoms with Gasteiger partial charge < -0.3 is 4.90 Å². The number of hydrogen-bond acceptors (Lipinski definition) is 1. The van der Waals surface area contributed by atoms with E-state index in [-0.39, 0.29) is 0 Å². The Kier molecular flexibility index (Phi) is 4.24. The van der Waals surface area contributed by atoms with Gasteiger partial charge in [0, 0.05) is 6.04 Å². The first kappa shape index (κ1) is 11.0. The molecule has 1 fully saturated rings. The zero-order valence-corrected chi connectivity index (χ0v) is 9.71. The summed E-state index contributed by atoms with van der Waals surface area (Å²) in [5.74, 6) is 1.90. The minimum atomic E-state index is 0.869. The van der Waals surface area contributed by atoms with Gasteiger partial charge in [0.2, 0.25) is 0 Å². The van der Waals surface area contributed by atoms with Gasteiger partial charge in [0.15, 0.2) is 0 Å². The first-order valence-corrected chi connectivity index (χ1v) is 5.81. The van der Waals surface area contributed by atoms with E-state index in [0.29, 0.717) is 0 Å². The average Bonchev–Trinajstić information content (AvgIpc) is 2.52. The van der Waals surface area contributed by atoms with Gasteiger partial charge in [-0.1, -0.05) is 26.7 Å². The van der Waals surface area contributed by atoms with Crippen LogP contribution >= 0.6 is 0 Å². The summed E-state index contributed by atoms with van der Waals surface area (Å²) in [5.41, 5.74) is 0. The highest BCUT2D eigenvalue weighted by molar-refractivity contribution is 4.83. The van der Waals surface area contributed by atoms with Crippen molar-refractivity contribution < 1.29 is 0 Å². The van der Waals surface area contributed by atoms with E-state index < -0.39 is 0 Å². The van der Waals surface area contributed by atoms with Gasteiger partial charge in [0.05, 0.1) is 0 Å². The van der Waals surface area contributed by atoms with Gasteiger partial charge in [-0.2, -0.15) is 0 Å². The molecular formula is C12H25N. The fraction of sp³-hybridized carbons (Fsp3) is 1.00. The summed E-state index contributed by atoms with van der Waals surface area (Å²) in [6, 6.07) is 0.869. The molecule has 0 bridgehead atoms. The summed E-state index contributed by atoms with van der Waals surface area (Å²) in [7, 11) is 4.47. The fourth-order valence-electron chi connectivity index (χ4n) is 2.66. The van der Waals surface area contributed by atoms with Crippen LogP contribution < -0.4 is 0 Å². The lowest BCUT2D eigenvalue weighted by Gasteiger charge is -2.27. The zero-order chi connectivity index (χ0) is 9.84. The van der Waals surface area contributed by atoms with Crippen LogP contribution in [0.15, 0.2) is 0 Å². The Morgan fingerprint density at radius 2 is 2.00 bits per heavy atom. The Labute approximate surface area is 83.5 Å². The average molecular weight is 183 g/mol. The Morgan fingerprint density at radius 1 is 1.31 bits per heavy atom. The Bertz CT molecular complexity index is 142. The van der Waals surface area contributed by atoms with Crippen LogP contribution in [0.25, 0.3) is 0 Å². The van der Waals surface area contributed by atoms with Crippen molar-refractivity contribution in [1.29, 1.82) is 0 Å². The van der Waals surface area contributed by atoms with Crippen LogP contribution in [0.3, 0.4) is 0 Å². The van der Waals surface area contributed by atoms with E-state index in [9.17, 15) is 0 Å². The van der Waals surface area contributed by atoms with E-state index in [4.69, 9.17) is 0 Å². The van der Waals surface area contributed by atoms with Crippen LogP contribution in [0.4, 0.5) is 0 Å². The number of nitrogens with zero attached hydrogens (tertiary/aromatic N) is 1. The van der Waals surface area contributed by atoms with Gasteiger partial charge in [-0.3, -0.25) is 0 Å². The van der Waals surface area contributed by atoms with Gasteiger partial charge >= 0.3 is 0 Å². The van der Waals surface area contributed by atoms with Crippen molar-refractivity contribution in [3.8, 4) is 0 Å². The summed E-state index contributed by atoms with van der Waals surface area (Å²) in [6.07, 6.45) is 7.13. The smallest absolute Gasteiger partial charge is 0.0117 e. The standard InChI is InChI=1S/C12H25N/c1-5-10(2)9-11-7-6-8-12(11)13(3)4/h10-12H,5-9H2,1-4H3. The summed E-state index contributed by atoms with van der Waals surface area (Å²) >= 11 is 0. The molecule has 0 aliphatic heterocycles. The number of rotatable bonds is 4. The molecule has 1 rings (SSSR count). The molecule has 1 heteroatoms. The highest BCUT2D eigenvalue weighted by Gasteiger charge is 2.29. The molecule has 0 saturated heterocycles. The largest absolute Gasteiger partial charge is 0.306 e. The molecule has 1 aliphatic rings. The van der Waals surface area contributed by atoms with Crippen molar-refractivity contribution >= 4 is 0 Å². The summed E-state index contributed by atoms with van der Waals surface area (Å²) in [5, 5.41) is 0. The summed E-state index contributed by atoms with van der Waals surface area (Å²) < 4.78 is 0. The van der Waals surface area contributed by atoms with E-state index in [1.165, 1.54) is 32.1 Å². The third-order valence-electron chi connectivity index (χ3n) is 3.68. The maximum atomic E-state index is 2.43. The maximum absolute atomic E-state index is 2.43. The van der Waals surface area contributed by atoms with Gasteiger partial charge in [-0.25, -0.2) is 0 Å². The maximum Gasteiger partial charge on any atom is 0.0117 e. The second-order valence-corrected chi connectivity index (χ2v) is 4.97. The van der Waals surface area contributed by atoms with E-state index in [2.05, 4.69) is 32.8 Å². The number of hydrogen-bond donors (Lipinski definition) is 0. The van der Waals surface area contributed by atoms with Crippen molar-refractivity contribution in [3.05, 3.63) is 0 Å². The first-order chi connectivity index (χ1) is 6.15. The van der Waals surface area contributed by atoms with E-state index in [1.54, 1.807) is 0 Å². The minimum Gasteiger partial charge on any atom is -0.306 e. The molecule has 0 spiro atoms. The summed E-state index contributed by atoms with van der Waals surface area (Å²) in [6.45, 7) is 4.70. The Morgan fingerprint density at radius 3 is 2.54 bits per heavy atom. The third kappa shape index (κ3) is 2.98. The van der Waals surface area contributed by atoms with Crippen molar-refractivity contribution in [2.75, 3.05) is 14.1 Å². The van der Waals surface area contributed by atoms with E-state index in [0.717, 1.165) is 17.9 Å². The topological polar surface area (TPSA) is 3.24 Å². The quantitative estimate of drug-likeness (QED) is 0.647. The molecule has 1 aliphatic carbocycles. The van der Waals surface area contributed by atoms with Gasteiger partial charge in [-0.15, -0.1) is 0 Å². The molecule has 0 aromatic heterocycles. The second kappa shape index (κ2) is 4.99. The molecule has 13 heavy (non-hydrogen) atoms. The molecular weight excluding hydrogens is 158 g/mol. The molecule has 3 unspecified atom stereocenters. The van der Waals surface area contributed by atoms with E-state index >= 15 is 0 Å². The van der Waals surface area contributed by atoms with Crippen LogP contribution in [0.2, 0.25) is 0 Å². The van der Waals surface area contributed by atoms with E-state index in [1.807, 2.05) is 0 Å². The fourth-order valence-corrected chi connectivity index (χ4v) is 2.66. The molecule has 0 heterocycles. The highest BCUT2D eigenvalue weighted by atomic mass is 15.1. The van der Waals surface area contributed by atoms with Crippen LogP contribution in [0.1, 0.15) is 46.0 Å². The molecule has 0 amide bonds.